The Bertz CT molecular complexity index is 328. The van der Waals surface area contributed by atoms with Crippen molar-refractivity contribution in [2.24, 2.45) is 0 Å². The number of para-hydroxylation sites is 2. The highest BCUT2D eigenvalue weighted by Gasteiger charge is 2.04. The molecule has 0 aliphatic carbocycles. The Morgan fingerprint density at radius 1 is 0.700 bits per heavy atom. The summed E-state index contributed by atoms with van der Waals surface area (Å²) in [5, 5.41) is 0. The van der Waals surface area contributed by atoms with Crippen LogP contribution in [0.25, 0.3) is 0 Å². The van der Waals surface area contributed by atoms with Gasteiger partial charge in [-0.2, -0.15) is 0 Å². The zero-order valence-corrected chi connectivity index (χ0v) is 12.9. The van der Waals surface area contributed by atoms with Crippen molar-refractivity contribution < 1.29 is 18.9 Å². The fourth-order valence-electron chi connectivity index (χ4n) is 1.56. The molecule has 114 valence electrons. The molecule has 0 fully saturated rings. The highest BCUT2D eigenvalue weighted by atomic mass is 16.6. The molecule has 0 aliphatic heterocycles. The van der Waals surface area contributed by atoms with Crippen molar-refractivity contribution in [2.45, 2.75) is 39.9 Å². The second kappa shape index (κ2) is 9.61. The number of hydrogen-bond donors (Lipinski definition) is 0. The van der Waals surface area contributed by atoms with Crippen molar-refractivity contribution in [3.8, 4) is 11.5 Å². The van der Waals surface area contributed by atoms with Crippen molar-refractivity contribution >= 4 is 0 Å². The molecule has 0 heterocycles. The van der Waals surface area contributed by atoms with E-state index in [0.717, 1.165) is 11.5 Å². The van der Waals surface area contributed by atoms with Gasteiger partial charge in [0, 0.05) is 0 Å². The van der Waals surface area contributed by atoms with Crippen molar-refractivity contribution in [3.05, 3.63) is 24.3 Å². The third kappa shape index (κ3) is 7.36. The second-order valence-corrected chi connectivity index (χ2v) is 4.98. The Balaban J connectivity index is 2.34. The SMILES string of the molecule is CC(C)OCCOc1ccccc1OCCOC(C)C. The Labute approximate surface area is 122 Å². The van der Waals surface area contributed by atoms with Gasteiger partial charge in [0.25, 0.3) is 0 Å². The fourth-order valence-corrected chi connectivity index (χ4v) is 1.56. The molecule has 4 heteroatoms. The first-order valence-electron chi connectivity index (χ1n) is 7.17. The van der Waals surface area contributed by atoms with E-state index in [1.54, 1.807) is 0 Å². The van der Waals surface area contributed by atoms with Gasteiger partial charge in [-0.1, -0.05) is 12.1 Å². The van der Waals surface area contributed by atoms with Gasteiger partial charge in [0.15, 0.2) is 11.5 Å². The molecule has 4 nitrogen and oxygen atoms in total. The van der Waals surface area contributed by atoms with E-state index >= 15 is 0 Å². The summed E-state index contributed by atoms with van der Waals surface area (Å²) in [6.07, 6.45) is 0.441. The van der Waals surface area contributed by atoms with Crippen LogP contribution in [0.5, 0.6) is 11.5 Å². The molecule has 0 unspecified atom stereocenters. The van der Waals surface area contributed by atoms with E-state index in [9.17, 15) is 0 Å². The van der Waals surface area contributed by atoms with Crippen LogP contribution in [0.3, 0.4) is 0 Å². The summed E-state index contributed by atoms with van der Waals surface area (Å²) in [4.78, 5) is 0. The minimum atomic E-state index is 0.221. The Kier molecular flexibility index (Phi) is 8.07. The summed E-state index contributed by atoms with van der Waals surface area (Å²) >= 11 is 0. The molecule has 0 saturated heterocycles. The fraction of sp³-hybridized carbons (Fsp3) is 0.625. The maximum absolute atomic E-state index is 5.67. The smallest absolute Gasteiger partial charge is 0.161 e. The third-order valence-corrected chi connectivity index (χ3v) is 2.43. The molecule has 1 aromatic rings. The first-order chi connectivity index (χ1) is 9.59. The molecule has 0 spiro atoms. The monoisotopic (exact) mass is 282 g/mol. The molecular weight excluding hydrogens is 256 g/mol. The Morgan fingerprint density at radius 2 is 1.10 bits per heavy atom. The van der Waals surface area contributed by atoms with E-state index in [1.165, 1.54) is 0 Å². The number of ether oxygens (including phenoxy) is 4. The molecule has 0 amide bonds. The predicted octanol–water partition coefficient (Wildman–Crippen LogP) is 3.29. The van der Waals surface area contributed by atoms with Gasteiger partial charge >= 0.3 is 0 Å². The predicted molar refractivity (Wildman–Crippen MR) is 79.6 cm³/mol. The molecule has 0 saturated carbocycles. The van der Waals surface area contributed by atoms with E-state index in [4.69, 9.17) is 18.9 Å². The lowest BCUT2D eigenvalue weighted by molar-refractivity contribution is 0.0491. The molecule has 0 aromatic heterocycles. The standard InChI is InChI=1S/C16H26O4/c1-13(2)17-9-11-19-15-7-5-6-8-16(15)20-12-10-18-14(3)4/h5-8,13-14H,9-12H2,1-4H3. The van der Waals surface area contributed by atoms with Gasteiger partial charge in [-0.05, 0) is 39.8 Å². The molecule has 0 radical (unpaired) electrons. The van der Waals surface area contributed by atoms with Crippen LogP contribution in [0.15, 0.2) is 24.3 Å². The van der Waals surface area contributed by atoms with E-state index < -0.39 is 0 Å². The van der Waals surface area contributed by atoms with Gasteiger partial charge in [-0.15, -0.1) is 0 Å². The van der Waals surface area contributed by atoms with Crippen LogP contribution in [-0.4, -0.2) is 38.6 Å². The largest absolute Gasteiger partial charge is 0.487 e. The number of benzene rings is 1. The first-order valence-corrected chi connectivity index (χ1v) is 7.17. The number of rotatable bonds is 10. The first kappa shape index (κ1) is 16.8. The lowest BCUT2D eigenvalue weighted by Crippen LogP contribution is -2.13. The van der Waals surface area contributed by atoms with Gasteiger partial charge in [-0.3, -0.25) is 0 Å². The second-order valence-electron chi connectivity index (χ2n) is 4.98. The number of hydrogen-bond acceptors (Lipinski definition) is 4. The molecule has 1 aromatic carbocycles. The molecular formula is C16H26O4. The summed E-state index contributed by atoms with van der Waals surface area (Å²) in [6.45, 7) is 10.2. The molecule has 1 rings (SSSR count). The van der Waals surface area contributed by atoms with Crippen molar-refractivity contribution in [1.29, 1.82) is 0 Å². The van der Waals surface area contributed by atoms with Crippen molar-refractivity contribution in [1.82, 2.24) is 0 Å². The highest BCUT2D eigenvalue weighted by Crippen LogP contribution is 2.26. The van der Waals surface area contributed by atoms with Crippen LogP contribution in [0.4, 0.5) is 0 Å². The summed E-state index contributed by atoms with van der Waals surface area (Å²) in [5.74, 6) is 1.48. The van der Waals surface area contributed by atoms with E-state index in [-0.39, 0.29) is 12.2 Å². The highest BCUT2D eigenvalue weighted by molar-refractivity contribution is 5.39. The average Bonchev–Trinajstić information content (AvgIpc) is 2.40. The normalized spacial score (nSPS) is 11.1. The van der Waals surface area contributed by atoms with Gasteiger partial charge in [0.1, 0.15) is 13.2 Å². The topological polar surface area (TPSA) is 36.9 Å². The quantitative estimate of drug-likeness (QED) is 0.617. The van der Waals surface area contributed by atoms with E-state index in [0.29, 0.717) is 26.4 Å². The third-order valence-electron chi connectivity index (χ3n) is 2.43. The van der Waals surface area contributed by atoms with Crippen LogP contribution in [0, 0.1) is 0 Å². The molecule has 0 N–H and O–H groups in total. The summed E-state index contributed by atoms with van der Waals surface area (Å²) in [5.41, 5.74) is 0. The van der Waals surface area contributed by atoms with Crippen LogP contribution in [0.2, 0.25) is 0 Å². The van der Waals surface area contributed by atoms with Gasteiger partial charge in [0.2, 0.25) is 0 Å². The maximum atomic E-state index is 5.67. The summed E-state index contributed by atoms with van der Waals surface area (Å²) < 4.78 is 22.2. The van der Waals surface area contributed by atoms with Crippen LogP contribution >= 0.6 is 0 Å². The lowest BCUT2D eigenvalue weighted by atomic mass is 10.3. The van der Waals surface area contributed by atoms with E-state index in [1.807, 2.05) is 52.0 Å². The van der Waals surface area contributed by atoms with Crippen LogP contribution < -0.4 is 9.47 Å². The summed E-state index contributed by atoms with van der Waals surface area (Å²) in [7, 11) is 0. The molecule has 0 bridgehead atoms. The lowest BCUT2D eigenvalue weighted by Gasteiger charge is -2.14. The minimum Gasteiger partial charge on any atom is -0.487 e. The minimum absolute atomic E-state index is 0.221. The maximum Gasteiger partial charge on any atom is 0.161 e. The van der Waals surface area contributed by atoms with Gasteiger partial charge < -0.3 is 18.9 Å². The van der Waals surface area contributed by atoms with Crippen molar-refractivity contribution in [2.75, 3.05) is 26.4 Å². The summed E-state index contributed by atoms with van der Waals surface area (Å²) in [6, 6.07) is 7.65. The van der Waals surface area contributed by atoms with Gasteiger partial charge in [0.05, 0.1) is 25.4 Å². The van der Waals surface area contributed by atoms with Crippen molar-refractivity contribution in [3.63, 3.8) is 0 Å². The zero-order valence-electron chi connectivity index (χ0n) is 12.9. The average molecular weight is 282 g/mol. The van der Waals surface area contributed by atoms with Gasteiger partial charge in [-0.25, -0.2) is 0 Å². The zero-order chi connectivity index (χ0) is 14.8. The van der Waals surface area contributed by atoms with E-state index in [2.05, 4.69) is 0 Å². The van der Waals surface area contributed by atoms with Crippen LogP contribution in [0.1, 0.15) is 27.7 Å². The Hall–Kier alpha value is -1.26. The molecule has 0 atom stereocenters. The molecule has 0 aliphatic rings. The Morgan fingerprint density at radius 3 is 1.45 bits per heavy atom. The van der Waals surface area contributed by atoms with Crippen LogP contribution in [-0.2, 0) is 9.47 Å². The molecule has 20 heavy (non-hydrogen) atoms.